The van der Waals surface area contributed by atoms with E-state index in [0.717, 1.165) is 7.11 Å². The van der Waals surface area contributed by atoms with Gasteiger partial charge in [0.15, 0.2) is 0 Å². The largest absolute Gasteiger partial charge is 0.574 e. The fraction of sp³-hybridized carbons (Fsp3) is 0.375. The van der Waals surface area contributed by atoms with Gasteiger partial charge in [-0.15, -0.1) is 13.2 Å². The molecule has 0 saturated heterocycles. The van der Waals surface area contributed by atoms with Crippen LogP contribution < -0.4 is 9.47 Å². The number of hydrogen-bond donors (Lipinski definition) is 1. The van der Waals surface area contributed by atoms with Crippen LogP contribution in [0.5, 0.6) is 11.6 Å². The molecule has 0 aliphatic heterocycles. The molecule has 1 rings (SSSR count). The molecular weight excluding hydrogens is 261 g/mol. The molecular formula is C8H7F3N2O5. The smallest absolute Gasteiger partial charge is 0.486 e. The Labute approximate surface area is 97.9 Å². The Morgan fingerprint density at radius 3 is 2.56 bits per heavy atom. The first-order valence-electron chi connectivity index (χ1n) is 4.37. The fourth-order valence-corrected chi connectivity index (χ4v) is 1.19. The summed E-state index contributed by atoms with van der Waals surface area (Å²) < 4.78 is 44.1. The van der Waals surface area contributed by atoms with Crippen molar-refractivity contribution in [3.63, 3.8) is 0 Å². The third-order valence-corrected chi connectivity index (χ3v) is 1.82. The first kappa shape index (κ1) is 14.0. The van der Waals surface area contributed by atoms with Crippen LogP contribution in [0.4, 0.5) is 18.9 Å². The number of alkyl halides is 3. The number of pyridine rings is 1. The van der Waals surface area contributed by atoms with Crippen LogP contribution >= 0.6 is 0 Å². The molecule has 1 aromatic heterocycles. The van der Waals surface area contributed by atoms with Crippen LogP contribution in [0.1, 0.15) is 5.56 Å². The number of halogens is 3. The molecule has 7 nitrogen and oxygen atoms in total. The van der Waals surface area contributed by atoms with Crippen molar-refractivity contribution in [3.05, 3.63) is 21.9 Å². The zero-order valence-electron chi connectivity index (χ0n) is 8.89. The SMILES string of the molecule is COc1c(OC(F)(F)F)ncc(CO)c1[N+](=O)[O-]. The summed E-state index contributed by atoms with van der Waals surface area (Å²) >= 11 is 0. The summed E-state index contributed by atoms with van der Waals surface area (Å²) in [5, 5.41) is 19.6. The minimum atomic E-state index is -5.06. The van der Waals surface area contributed by atoms with Crippen LogP contribution in [0.15, 0.2) is 6.20 Å². The van der Waals surface area contributed by atoms with Crippen molar-refractivity contribution in [1.82, 2.24) is 4.98 Å². The second-order valence-corrected chi connectivity index (χ2v) is 2.93. The van der Waals surface area contributed by atoms with Gasteiger partial charge in [0.2, 0.25) is 0 Å². The third-order valence-electron chi connectivity index (χ3n) is 1.82. The van der Waals surface area contributed by atoms with E-state index in [4.69, 9.17) is 5.11 Å². The number of aliphatic hydroxyl groups is 1. The van der Waals surface area contributed by atoms with Crippen LogP contribution in [0.3, 0.4) is 0 Å². The van der Waals surface area contributed by atoms with Gasteiger partial charge in [-0.25, -0.2) is 4.98 Å². The maximum atomic E-state index is 12.0. The third kappa shape index (κ3) is 2.97. The first-order chi connectivity index (χ1) is 8.30. The predicted molar refractivity (Wildman–Crippen MR) is 50.0 cm³/mol. The molecule has 0 bridgehead atoms. The molecule has 0 saturated carbocycles. The van der Waals surface area contributed by atoms with Gasteiger partial charge in [-0.2, -0.15) is 0 Å². The van der Waals surface area contributed by atoms with E-state index >= 15 is 0 Å². The number of aliphatic hydroxyl groups excluding tert-OH is 1. The Balaban J connectivity index is 3.38. The number of aromatic nitrogens is 1. The Morgan fingerprint density at radius 2 is 2.17 bits per heavy atom. The summed E-state index contributed by atoms with van der Waals surface area (Å²) in [5.74, 6) is -1.89. The summed E-state index contributed by atoms with van der Waals surface area (Å²) in [6.07, 6.45) is -4.35. The van der Waals surface area contributed by atoms with E-state index < -0.39 is 35.2 Å². The highest BCUT2D eigenvalue weighted by atomic mass is 19.4. The molecule has 10 heteroatoms. The van der Waals surface area contributed by atoms with Gasteiger partial charge in [0.1, 0.15) is 0 Å². The lowest BCUT2D eigenvalue weighted by molar-refractivity contribution is -0.387. The van der Waals surface area contributed by atoms with E-state index in [1.807, 2.05) is 0 Å². The molecule has 100 valence electrons. The predicted octanol–water partition coefficient (Wildman–Crippen LogP) is 1.39. The topological polar surface area (TPSA) is 94.7 Å². The molecule has 18 heavy (non-hydrogen) atoms. The van der Waals surface area contributed by atoms with E-state index in [1.54, 1.807) is 0 Å². The summed E-state index contributed by atoms with van der Waals surface area (Å²) in [6, 6.07) is 0. The van der Waals surface area contributed by atoms with Crippen LogP contribution in [0, 0.1) is 10.1 Å². The summed E-state index contributed by atoms with van der Waals surface area (Å²) in [5.41, 5.74) is -1.11. The van der Waals surface area contributed by atoms with Gasteiger partial charge in [-0.05, 0) is 0 Å². The van der Waals surface area contributed by atoms with Crippen molar-refractivity contribution in [1.29, 1.82) is 0 Å². The van der Waals surface area contributed by atoms with E-state index in [9.17, 15) is 23.3 Å². The lowest BCUT2D eigenvalue weighted by Crippen LogP contribution is -2.19. The van der Waals surface area contributed by atoms with Crippen LogP contribution in [-0.2, 0) is 6.61 Å². The molecule has 0 atom stereocenters. The second kappa shape index (κ2) is 5.04. The minimum absolute atomic E-state index is 0.286. The van der Waals surface area contributed by atoms with Gasteiger partial charge < -0.3 is 14.6 Å². The fourth-order valence-electron chi connectivity index (χ4n) is 1.19. The van der Waals surface area contributed by atoms with Gasteiger partial charge >= 0.3 is 12.0 Å². The molecule has 1 N–H and O–H groups in total. The van der Waals surface area contributed by atoms with Crippen LogP contribution in [-0.4, -0.2) is 28.5 Å². The molecule has 0 aliphatic carbocycles. The first-order valence-corrected chi connectivity index (χ1v) is 4.37. The van der Waals surface area contributed by atoms with Crippen LogP contribution in [0.2, 0.25) is 0 Å². The summed E-state index contributed by atoms with van der Waals surface area (Å²) in [7, 11) is 0.925. The summed E-state index contributed by atoms with van der Waals surface area (Å²) in [6.45, 7) is -0.772. The summed E-state index contributed by atoms with van der Waals surface area (Å²) in [4.78, 5) is 13.0. The highest BCUT2D eigenvalue weighted by molar-refractivity contribution is 5.56. The molecule has 0 radical (unpaired) electrons. The lowest BCUT2D eigenvalue weighted by atomic mass is 10.2. The van der Waals surface area contributed by atoms with Crippen molar-refractivity contribution in [2.75, 3.05) is 7.11 Å². The quantitative estimate of drug-likeness (QED) is 0.655. The Hall–Kier alpha value is -2.10. The average Bonchev–Trinajstić information content (AvgIpc) is 2.26. The number of ether oxygens (including phenoxy) is 2. The van der Waals surface area contributed by atoms with E-state index in [2.05, 4.69) is 14.5 Å². The Kier molecular flexibility index (Phi) is 3.91. The maximum Gasteiger partial charge on any atom is 0.574 e. The van der Waals surface area contributed by atoms with E-state index in [1.165, 1.54) is 0 Å². The average molecular weight is 268 g/mol. The van der Waals surface area contributed by atoms with Crippen molar-refractivity contribution in [3.8, 4) is 11.6 Å². The lowest BCUT2D eigenvalue weighted by Gasteiger charge is -2.12. The minimum Gasteiger partial charge on any atom is -0.486 e. The van der Waals surface area contributed by atoms with Crippen molar-refractivity contribution in [2.24, 2.45) is 0 Å². The zero-order valence-corrected chi connectivity index (χ0v) is 8.89. The van der Waals surface area contributed by atoms with E-state index in [0.29, 0.717) is 6.20 Å². The Morgan fingerprint density at radius 1 is 1.56 bits per heavy atom. The highest BCUT2D eigenvalue weighted by Gasteiger charge is 2.36. The maximum absolute atomic E-state index is 12.0. The van der Waals surface area contributed by atoms with Gasteiger partial charge in [0.25, 0.3) is 11.6 Å². The second-order valence-electron chi connectivity index (χ2n) is 2.93. The van der Waals surface area contributed by atoms with Gasteiger partial charge in [-0.3, -0.25) is 10.1 Å². The van der Waals surface area contributed by atoms with Crippen molar-refractivity contribution in [2.45, 2.75) is 13.0 Å². The van der Waals surface area contributed by atoms with Gasteiger partial charge in [0, 0.05) is 6.20 Å². The molecule has 0 aliphatic rings. The normalized spacial score (nSPS) is 11.2. The van der Waals surface area contributed by atoms with Gasteiger partial charge in [0.05, 0.1) is 24.2 Å². The zero-order chi connectivity index (χ0) is 13.9. The standard InChI is InChI=1S/C8H7F3N2O5/c1-17-6-5(13(15)16)4(3-14)2-12-7(6)18-8(9,10)11/h2,14H,3H2,1H3. The number of methoxy groups -OCH3 is 1. The molecule has 0 aromatic carbocycles. The number of nitrogens with zero attached hydrogens (tertiary/aromatic N) is 2. The van der Waals surface area contributed by atoms with Gasteiger partial charge in [-0.1, -0.05) is 0 Å². The number of hydrogen-bond acceptors (Lipinski definition) is 6. The van der Waals surface area contributed by atoms with E-state index in [-0.39, 0.29) is 5.56 Å². The van der Waals surface area contributed by atoms with Crippen molar-refractivity contribution >= 4 is 5.69 Å². The number of nitro groups is 1. The number of rotatable bonds is 4. The van der Waals surface area contributed by atoms with Crippen molar-refractivity contribution < 1.29 is 32.7 Å². The molecule has 0 amide bonds. The molecule has 1 aromatic rings. The molecule has 1 heterocycles. The molecule has 0 fully saturated rings. The van der Waals surface area contributed by atoms with Crippen LogP contribution in [0.25, 0.3) is 0 Å². The monoisotopic (exact) mass is 268 g/mol. The molecule has 0 unspecified atom stereocenters. The Bertz CT molecular complexity index is 463. The highest BCUT2D eigenvalue weighted by Crippen LogP contribution is 2.39. The molecule has 0 spiro atoms.